The molecule has 736 valence electrons. The van der Waals surface area contributed by atoms with Crippen LogP contribution in [0.25, 0.3) is 111 Å². The first-order valence-electron chi connectivity index (χ1n) is 46.4. The minimum absolute atomic E-state index is 0.148. The molecule has 0 unspecified atom stereocenters. The molecule has 5 heterocycles. The van der Waals surface area contributed by atoms with Gasteiger partial charge < -0.3 is 74.9 Å². The van der Waals surface area contributed by atoms with Crippen LogP contribution in [0.15, 0.2) is 225 Å². The highest BCUT2D eigenvalue weighted by Crippen LogP contribution is 2.43. The lowest BCUT2D eigenvalue weighted by molar-refractivity contribution is 0.107. The van der Waals surface area contributed by atoms with E-state index in [1.54, 1.807) is 79.1 Å². The summed E-state index contributed by atoms with van der Waals surface area (Å²) in [5.41, 5.74) is 19.7. The Bertz CT molecular complexity index is 7080. The van der Waals surface area contributed by atoms with Crippen molar-refractivity contribution in [3.05, 3.63) is 253 Å². The van der Waals surface area contributed by atoms with Gasteiger partial charge in [-0.1, -0.05) is 94.1 Å². The number of halogens is 1. The van der Waals surface area contributed by atoms with E-state index in [0.29, 0.717) is 121 Å². The summed E-state index contributed by atoms with van der Waals surface area (Å²) < 4.78 is 67.2. The maximum absolute atomic E-state index is 11.9. The minimum atomic E-state index is -0.542. The first kappa shape index (κ1) is 106. The number of carbonyl (C=O) groups excluding carboxylic acids is 5. The Hall–Kier alpha value is -17.3. The molecule has 0 bridgehead atoms. The van der Waals surface area contributed by atoms with E-state index in [-0.39, 0.29) is 25.7 Å². The molecule has 15 aromatic rings. The molecule has 0 radical (unpaired) electrons. The standard InChI is InChI=1S/C23H25N3O3.C22H22ClN3O3.C22H23N3O4.C22H23N3O3.C22H21N3O3/c1-5-26-21-12-18(28-4)10-11-19(21)20(13-24)22(26)16-6-8-17(9-7-16)25-23(27)29-14-15(2)3;1-3-26-20-13-17(28-2)9-10-18(20)19(14-24)21(26)15-5-7-16(8-6-15)25-22(27)29-12-4-11-23;1-4-25-20-13-17(28-3)9-10-18(20)19(14-23)21(25)15-5-7-16(8-6-15)24-22(26)29-12-11-27-2;2*1-4-12-28-22(26)24-16-8-6-15(7-9-16)21-19(14-23)18-11-10-17(27-3)13-20(18)25(21)5-2/h6-12,15H,5,14H2,1-4H3,(H,25,27);5-10,13H,3-4,11-12H2,1-2H3,(H,25,27);5-10,13H,4,11-12H2,1-3H3,(H,24,26);6-11,13H,4-5,12H2,1-3H3,(H,24,26);4,6-11,13H,1,5,12H2,2-3H3,(H,24,26). The number of nitrogens with zero attached hydrogens (tertiary/aromatic N) is 10. The van der Waals surface area contributed by atoms with E-state index < -0.39 is 30.5 Å². The number of amides is 5. The van der Waals surface area contributed by atoms with Crippen LogP contribution in [-0.4, -0.2) is 141 Å². The van der Waals surface area contributed by atoms with Gasteiger partial charge in [-0.05, 0) is 203 Å². The van der Waals surface area contributed by atoms with E-state index in [1.165, 1.54) is 6.08 Å². The number of rotatable bonds is 32. The topological polar surface area (TPSA) is 391 Å². The molecule has 0 spiro atoms. The number of methoxy groups -OCH3 is 6. The summed E-state index contributed by atoms with van der Waals surface area (Å²) in [5, 5.41) is 66.9. The van der Waals surface area contributed by atoms with Gasteiger partial charge in [0.05, 0.1) is 146 Å². The second kappa shape index (κ2) is 51.9. The third-order valence-electron chi connectivity index (χ3n) is 22.9. The molecule has 0 aliphatic heterocycles. The molecule has 0 aliphatic carbocycles. The summed E-state index contributed by atoms with van der Waals surface area (Å²) in [6.45, 7) is 24.9. The van der Waals surface area contributed by atoms with Crippen molar-refractivity contribution in [1.29, 1.82) is 26.3 Å². The first-order valence-corrected chi connectivity index (χ1v) is 46.9. The van der Waals surface area contributed by atoms with Crippen LogP contribution in [0.4, 0.5) is 52.4 Å². The predicted molar refractivity (Wildman–Crippen MR) is 559 cm³/mol. The molecule has 5 aromatic heterocycles. The molecule has 10 aromatic carbocycles. The van der Waals surface area contributed by atoms with Crippen molar-refractivity contribution in [2.45, 2.75) is 101 Å². The lowest BCUT2D eigenvalue weighted by Gasteiger charge is -2.11. The van der Waals surface area contributed by atoms with Gasteiger partial charge in [0.15, 0.2) is 0 Å². The molecular weight excluding hydrogens is 1830 g/mol. The van der Waals surface area contributed by atoms with E-state index in [2.05, 4.69) is 86.3 Å². The Balaban J connectivity index is 0.000000171. The van der Waals surface area contributed by atoms with E-state index in [4.69, 9.17) is 63.7 Å². The van der Waals surface area contributed by atoms with Crippen molar-refractivity contribution < 1.29 is 76.1 Å². The van der Waals surface area contributed by atoms with Crippen LogP contribution in [0.5, 0.6) is 28.7 Å². The van der Waals surface area contributed by atoms with Crippen molar-refractivity contribution in [3.63, 3.8) is 0 Å². The lowest BCUT2D eigenvalue weighted by atomic mass is 10.1. The SMILES string of the molecule is C=CCOC(=O)Nc1ccc(-c2c(C#N)c3ccc(OC)cc3n2CC)cc1.CCCOC(=O)Nc1ccc(-c2c(C#N)c3ccc(OC)cc3n2CC)cc1.CCn1c(-c2ccc(NC(=O)OCC(C)C)cc2)c(C#N)c2ccc(OC)cc21.CCn1c(-c2ccc(NC(=O)OCCCCl)cc2)c(C#N)c2ccc(OC)cc21.CCn1c(-c2ccc(NC(=O)OCCOC)cc2)c(C#N)c2ccc(OC)cc21. The van der Waals surface area contributed by atoms with Crippen molar-refractivity contribution >= 4 is 125 Å². The van der Waals surface area contributed by atoms with Gasteiger partial charge in [0.25, 0.3) is 0 Å². The molecule has 5 N–H and O–H groups in total. The highest BCUT2D eigenvalue weighted by Gasteiger charge is 2.26. The summed E-state index contributed by atoms with van der Waals surface area (Å²) in [6.07, 6.45) is 0.344. The van der Waals surface area contributed by atoms with Crippen LogP contribution < -0.4 is 50.3 Å². The zero-order valence-electron chi connectivity index (χ0n) is 82.4. The van der Waals surface area contributed by atoms with E-state index in [1.807, 2.05) is 231 Å². The largest absolute Gasteiger partial charge is 0.497 e. The van der Waals surface area contributed by atoms with Crippen molar-refractivity contribution in [2.24, 2.45) is 5.92 Å². The fraction of sp³-hybridized carbons (Fsp3) is 0.261. The average Bonchev–Trinajstić information content (AvgIpc) is 1.63. The summed E-state index contributed by atoms with van der Waals surface area (Å²) in [4.78, 5) is 58.8. The molecule has 143 heavy (non-hydrogen) atoms. The van der Waals surface area contributed by atoms with Crippen LogP contribution in [-0.2, 0) is 61.1 Å². The predicted octanol–water partition coefficient (Wildman–Crippen LogP) is 25.3. The summed E-state index contributed by atoms with van der Waals surface area (Å²) >= 11 is 5.57. The van der Waals surface area contributed by atoms with Gasteiger partial charge in [0, 0.05) is 131 Å². The Kier molecular flexibility index (Phi) is 38.5. The minimum Gasteiger partial charge on any atom is -0.497 e. The quantitative estimate of drug-likeness (QED) is 0.0113. The molecule has 5 amide bonds. The number of alkyl halides is 1. The molecule has 31 nitrogen and oxygen atoms in total. The molecule has 0 aliphatic rings. The van der Waals surface area contributed by atoms with Gasteiger partial charge >= 0.3 is 30.5 Å². The van der Waals surface area contributed by atoms with Crippen LogP contribution in [0.2, 0.25) is 0 Å². The lowest BCUT2D eigenvalue weighted by Crippen LogP contribution is -2.16. The molecule has 15 rings (SSSR count). The second-order valence-electron chi connectivity index (χ2n) is 32.1. The monoisotopic (exact) mass is 1950 g/mol. The van der Waals surface area contributed by atoms with Gasteiger partial charge in [-0.15, -0.1) is 11.6 Å². The zero-order chi connectivity index (χ0) is 103. The fourth-order valence-corrected chi connectivity index (χ4v) is 16.4. The Morgan fingerprint density at radius 3 is 0.762 bits per heavy atom. The molecule has 0 fully saturated rings. The Labute approximate surface area is 835 Å². The number of hydrogen-bond donors (Lipinski definition) is 5. The average molecular weight is 1950 g/mol. The number of nitrogens with one attached hydrogen (secondary N) is 5. The van der Waals surface area contributed by atoms with Gasteiger partial charge in [0.2, 0.25) is 0 Å². The second-order valence-corrected chi connectivity index (χ2v) is 32.5. The van der Waals surface area contributed by atoms with E-state index >= 15 is 0 Å². The Morgan fingerprint density at radius 2 is 0.559 bits per heavy atom. The van der Waals surface area contributed by atoms with Crippen molar-refractivity contribution in [3.8, 4) is 115 Å². The van der Waals surface area contributed by atoms with Crippen LogP contribution >= 0.6 is 11.6 Å². The smallest absolute Gasteiger partial charge is 0.411 e. The Morgan fingerprint density at radius 1 is 0.329 bits per heavy atom. The maximum Gasteiger partial charge on any atom is 0.411 e. The fourth-order valence-electron chi connectivity index (χ4n) is 16.3. The van der Waals surface area contributed by atoms with E-state index in [0.717, 1.165) is 146 Å². The van der Waals surface area contributed by atoms with Gasteiger partial charge in [-0.25, -0.2) is 24.0 Å². The van der Waals surface area contributed by atoms with Gasteiger partial charge in [0.1, 0.15) is 72.3 Å². The molecule has 0 atom stereocenters. The summed E-state index contributed by atoms with van der Waals surface area (Å²) in [6, 6.07) is 77.1. The van der Waals surface area contributed by atoms with Crippen LogP contribution in [0.1, 0.15) is 96.0 Å². The van der Waals surface area contributed by atoms with Crippen molar-refractivity contribution in [2.75, 3.05) is 115 Å². The number of benzene rings is 10. The van der Waals surface area contributed by atoms with Crippen LogP contribution in [0.3, 0.4) is 0 Å². The third kappa shape index (κ3) is 25.6. The number of ether oxygens (including phenoxy) is 11. The molecule has 0 saturated heterocycles. The van der Waals surface area contributed by atoms with Gasteiger partial charge in [-0.2, -0.15) is 26.3 Å². The summed E-state index contributed by atoms with van der Waals surface area (Å²) in [5.74, 6) is 4.46. The number of hydrogen-bond acceptors (Lipinski definition) is 21. The number of aromatic nitrogens is 5. The van der Waals surface area contributed by atoms with Crippen molar-refractivity contribution in [1.82, 2.24) is 22.8 Å². The number of fused-ring (bicyclic) bond motifs is 5. The maximum atomic E-state index is 11.9. The molecule has 0 saturated carbocycles. The molecule has 32 heteroatoms. The zero-order valence-corrected chi connectivity index (χ0v) is 83.1. The highest BCUT2D eigenvalue weighted by molar-refractivity contribution is 6.17. The molecular formula is C111H114ClN15O16. The number of anilines is 5. The van der Waals surface area contributed by atoms with Gasteiger partial charge in [-0.3, -0.25) is 26.6 Å². The number of carbonyl (C=O) groups is 5. The van der Waals surface area contributed by atoms with E-state index in [9.17, 15) is 50.3 Å². The normalized spacial score (nSPS) is 10.5. The first-order chi connectivity index (χ1) is 69.5. The van der Waals surface area contributed by atoms with Crippen LogP contribution in [0, 0.1) is 62.6 Å². The summed E-state index contributed by atoms with van der Waals surface area (Å²) in [7, 11) is 9.67. The highest BCUT2D eigenvalue weighted by atomic mass is 35.5. The number of nitriles is 5. The number of aryl methyl sites for hydroxylation is 5. The third-order valence-corrected chi connectivity index (χ3v) is 23.1.